The van der Waals surface area contributed by atoms with Gasteiger partial charge in [-0.05, 0) is 53.4 Å². The number of halogens is 1. The van der Waals surface area contributed by atoms with Gasteiger partial charge in [0, 0.05) is 0 Å². The van der Waals surface area contributed by atoms with Gasteiger partial charge in [-0.3, -0.25) is 0 Å². The third-order valence-corrected chi connectivity index (χ3v) is 6.41. The van der Waals surface area contributed by atoms with Gasteiger partial charge < -0.3 is 0 Å². The van der Waals surface area contributed by atoms with Crippen molar-refractivity contribution < 1.29 is 0 Å². The molecule has 0 saturated heterocycles. The maximum atomic E-state index is 3.30. The average molecular weight is 411 g/mol. The summed E-state index contributed by atoms with van der Waals surface area (Å²) in [6, 6.07) is 33.0. The van der Waals surface area contributed by atoms with E-state index in [0.717, 1.165) is 19.3 Å². The highest BCUT2D eigenvalue weighted by Gasteiger charge is 2.34. The van der Waals surface area contributed by atoms with Gasteiger partial charge in [0.2, 0.25) is 0 Å². The minimum atomic E-state index is 0. The lowest BCUT2D eigenvalue weighted by Gasteiger charge is -2.39. The van der Waals surface area contributed by atoms with Gasteiger partial charge in [0.15, 0.2) is 0 Å². The molecule has 2 heteroatoms. The fourth-order valence-electron chi connectivity index (χ4n) is 4.14. The van der Waals surface area contributed by atoms with Crippen molar-refractivity contribution in [2.24, 2.45) is 5.92 Å². The first-order chi connectivity index (χ1) is 13.2. The summed E-state index contributed by atoms with van der Waals surface area (Å²) < 4.78 is 0. The normalized spacial score (nSPS) is 12.2. The van der Waals surface area contributed by atoms with Crippen LogP contribution in [0.1, 0.15) is 36.5 Å². The Morgan fingerprint density at radius 3 is 1.46 bits per heavy atom. The van der Waals surface area contributed by atoms with Crippen molar-refractivity contribution in [1.82, 2.24) is 0 Å². The first kappa shape index (κ1) is 22.7. The van der Waals surface area contributed by atoms with Crippen LogP contribution in [-0.2, 0) is 19.3 Å². The summed E-state index contributed by atoms with van der Waals surface area (Å²) >= 11 is 0. The van der Waals surface area contributed by atoms with Crippen LogP contribution >= 0.6 is 21.6 Å². The molecule has 3 aromatic rings. The van der Waals surface area contributed by atoms with E-state index in [-0.39, 0.29) is 17.6 Å². The smallest absolute Gasteiger partial charge is 0.00385 e. The lowest BCUT2D eigenvalue weighted by molar-refractivity contribution is 0.340. The van der Waals surface area contributed by atoms with Crippen molar-refractivity contribution in [1.29, 1.82) is 0 Å². The highest BCUT2D eigenvalue weighted by molar-refractivity contribution is 7.19. The Labute approximate surface area is 179 Å². The van der Waals surface area contributed by atoms with Crippen LogP contribution in [0.3, 0.4) is 0 Å². The summed E-state index contributed by atoms with van der Waals surface area (Å²) in [6.07, 6.45) is 5.78. The monoisotopic (exact) mass is 410 g/mol. The van der Waals surface area contributed by atoms with E-state index in [2.05, 4.69) is 107 Å². The lowest BCUT2D eigenvalue weighted by atomic mass is 9.76. The van der Waals surface area contributed by atoms with E-state index < -0.39 is 0 Å². The quantitative estimate of drug-likeness (QED) is 0.328. The van der Waals surface area contributed by atoms with E-state index in [4.69, 9.17) is 0 Å². The van der Waals surface area contributed by atoms with Crippen LogP contribution in [-0.4, -0.2) is 5.16 Å². The van der Waals surface area contributed by atoms with Gasteiger partial charge in [-0.15, -0.1) is 21.6 Å². The maximum absolute atomic E-state index is 3.30. The topological polar surface area (TPSA) is 0 Å². The summed E-state index contributed by atoms with van der Waals surface area (Å²) in [5.41, 5.74) is 4.30. The molecule has 2 unspecified atom stereocenters. The van der Waals surface area contributed by atoms with Crippen molar-refractivity contribution in [3.05, 3.63) is 108 Å². The molecule has 0 radical (unpaired) electrons. The van der Waals surface area contributed by atoms with Crippen LogP contribution in [0.2, 0.25) is 0 Å². The Balaban J connectivity index is 0.00000280. The second-order valence-electron chi connectivity index (χ2n) is 7.73. The minimum Gasteiger partial charge on any atom is -0.147 e. The van der Waals surface area contributed by atoms with Crippen LogP contribution in [0, 0.1) is 5.92 Å². The van der Waals surface area contributed by atoms with Crippen LogP contribution in [0.4, 0.5) is 0 Å². The number of hydrogen-bond acceptors (Lipinski definition) is 0. The zero-order valence-electron chi connectivity index (χ0n) is 16.8. The minimum absolute atomic E-state index is 0. The van der Waals surface area contributed by atoms with Gasteiger partial charge in [0.05, 0.1) is 0 Å². The molecule has 0 N–H and O–H groups in total. The molecule has 0 bridgehead atoms. The summed E-state index contributed by atoms with van der Waals surface area (Å²) in [7, 11) is 3.30. The molecule has 148 valence electrons. The van der Waals surface area contributed by atoms with Gasteiger partial charge in [-0.2, -0.15) is 0 Å². The van der Waals surface area contributed by atoms with Crippen LogP contribution in [0.5, 0.6) is 0 Å². The highest BCUT2D eigenvalue weighted by atomic mass is 35.5. The highest BCUT2D eigenvalue weighted by Crippen LogP contribution is 2.40. The number of hydrogen-bond donors (Lipinski definition) is 0. The van der Waals surface area contributed by atoms with Crippen LogP contribution in [0.15, 0.2) is 91.0 Å². The lowest BCUT2D eigenvalue weighted by Crippen LogP contribution is -2.37. The summed E-state index contributed by atoms with van der Waals surface area (Å²) in [5.74, 6) is 0.621. The molecule has 0 saturated carbocycles. The molecule has 0 aliphatic heterocycles. The second kappa shape index (κ2) is 11.4. The zero-order valence-corrected chi connectivity index (χ0v) is 18.7. The molecule has 0 aliphatic carbocycles. The van der Waals surface area contributed by atoms with E-state index in [0.29, 0.717) is 5.92 Å². The molecule has 0 fully saturated rings. The van der Waals surface area contributed by atoms with E-state index in [1.807, 2.05) is 0 Å². The average Bonchev–Trinajstić information content (AvgIpc) is 2.70. The van der Waals surface area contributed by atoms with Gasteiger partial charge in [0.1, 0.15) is 0 Å². The Bertz CT molecular complexity index is 745. The largest absolute Gasteiger partial charge is 0.147 e. The van der Waals surface area contributed by atoms with E-state index in [9.17, 15) is 0 Å². The standard InChI is InChI=1S/C26H31P.ClH/c1-2-12-25(19-22-13-6-3-7-14-22)26(27,20-23-15-8-4-9-16-23)21-24-17-10-5-11-18-24;/h3-11,13-18,25H,2,12,19-21,27H2,1H3;1H. The predicted molar refractivity (Wildman–Crippen MR) is 129 cm³/mol. The van der Waals surface area contributed by atoms with Crippen molar-refractivity contribution in [3.8, 4) is 0 Å². The van der Waals surface area contributed by atoms with E-state index in [1.165, 1.54) is 29.5 Å². The van der Waals surface area contributed by atoms with Crippen molar-refractivity contribution in [3.63, 3.8) is 0 Å². The molecule has 28 heavy (non-hydrogen) atoms. The third-order valence-electron chi connectivity index (χ3n) is 5.53. The molecule has 0 nitrogen and oxygen atoms in total. The molecule has 3 aromatic carbocycles. The number of benzene rings is 3. The van der Waals surface area contributed by atoms with Crippen LogP contribution < -0.4 is 0 Å². The Kier molecular flexibility index (Phi) is 9.23. The summed E-state index contributed by atoms with van der Waals surface area (Å²) in [6.45, 7) is 2.31. The fourth-order valence-corrected chi connectivity index (χ4v) is 4.90. The first-order valence-electron chi connectivity index (χ1n) is 10.1. The Morgan fingerprint density at radius 1 is 0.679 bits per heavy atom. The predicted octanol–water partition coefficient (Wildman–Crippen LogP) is 7.17. The SMILES string of the molecule is CCCC(Cc1ccccc1)C(P)(Cc1ccccc1)Cc1ccccc1.Cl. The van der Waals surface area contributed by atoms with Crippen LogP contribution in [0.25, 0.3) is 0 Å². The van der Waals surface area contributed by atoms with E-state index >= 15 is 0 Å². The molecule has 0 aliphatic rings. The van der Waals surface area contributed by atoms with Gasteiger partial charge in [0.25, 0.3) is 0 Å². The van der Waals surface area contributed by atoms with Crippen molar-refractivity contribution in [2.75, 3.05) is 0 Å². The molecule has 3 rings (SSSR count). The summed E-state index contributed by atoms with van der Waals surface area (Å²) in [4.78, 5) is 0. The van der Waals surface area contributed by atoms with Crippen molar-refractivity contribution in [2.45, 2.75) is 44.2 Å². The Hall–Kier alpha value is -1.62. The zero-order chi connectivity index (χ0) is 19.0. The molecular formula is C26H32ClP. The first-order valence-corrected chi connectivity index (χ1v) is 10.7. The van der Waals surface area contributed by atoms with Gasteiger partial charge in [-0.1, -0.05) is 104 Å². The fraction of sp³-hybridized carbons (Fsp3) is 0.308. The molecule has 0 aromatic heterocycles. The second-order valence-corrected chi connectivity index (χ2v) is 8.88. The molecule has 2 atom stereocenters. The van der Waals surface area contributed by atoms with Gasteiger partial charge >= 0.3 is 0 Å². The molecular weight excluding hydrogens is 379 g/mol. The molecule has 0 amide bonds. The van der Waals surface area contributed by atoms with Gasteiger partial charge in [-0.25, -0.2) is 0 Å². The summed E-state index contributed by atoms with van der Waals surface area (Å²) in [5, 5.41) is 0.147. The Morgan fingerprint density at radius 2 is 1.07 bits per heavy atom. The van der Waals surface area contributed by atoms with E-state index in [1.54, 1.807) is 0 Å². The number of rotatable bonds is 9. The van der Waals surface area contributed by atoms with Crippen molar-refractivity contribution >= 4 is 21.6 Å². The molecule has 0 heterocycles. The third kappa shape index (κ3) is 6.47. The maximum Gasteiger partial charge on any atom is -0.00385 e. The molecule has 0 spiro atoms.